The molecule has 4 heteroatoms. The van der Waals surface area contributed by atoms with Crippen molar-refractivity contribution in [3.8, 4) is 0 Å². The number of carbonyl (C=O) groups excluding carboxylic acids is 1. The number of ketones is 1. The van der Waals surface area contributed by atoms with Crippen LogP contribution in [0.4, 0.5) is 0 Å². The van der Waals surface area contributed by atoms with Gasteiger partial charge in [-0.2, -0.15) is 0 Å². The summed E-state index contributed by atoms with van der Waals surface area (Å²) >= 11 is 0. The first-order valence-corrected chi connectivity index (χ1v) is 5.72. The fourth-order valence-corrected chi connectivity index (χ4v) is 1.27. The van der Waals surface area contributed by atoms with Crippen molar-refractivity contribution in [3.63, 3.8) is 0 Å². The summed E-state index contributed by atoms with van der Waals surface area (Å²) in [6.07, 6.45) is 5.13. The van der Waals surface area contributed by atoms with E-state index in [2.05, 4.69) is 30.7 Å². The second-order valence-electron chi connectivity index (χ2n) is 4.70. The van der Waals surface area contributed by atoms with E-state index in [1.807, 2.05) is 13.1 Å². The molecule has 4 nitrogen and oxygen atoms in total. The van der Waals surface area contributed by atoms with Gasteiger partial charge in [-0.05, 0) is 12.8 Å². The van der Waals surface area contributed by atoms with Crippen molar-refractivity contribution in [2.24, 2.45) is 5.92 Å². The summed E-state index contributed by atoms with van der Waals surface area (Å²) in [5.74, 6) is 0.799. The van der Waals surface area contributed by atoms with E-state index in [-0.39, 0.29) is 5.78 Å². The molecule has 0 aliphatic heterocycles. The lowest BCUT2D eigenvalue weighted by atomic mass is 10.3. The monoisotopic (exact) mass is 233 g/mol. The van der Waals surface area contributed by atoms with Crippen molar-refractivity contribution in [3.05, 3.63) is 30.1 Å². The van der Waals surface area contributed by atoms with E-state index in [9.17, 15) is 4.79 Å². The molecule has 17 heavy (non-hydrogen) atoms. The fourth-order valence-electron chi connectivity index (χ4n) is 1.27. The fraction of sp³-hybridized carbons (Fsp3) is 0.462. The average Bonchev–Trinajstić information content (AvgIpc) is 2.59. The predicted molar refractivity (Wildman–Crippen MR) is 68.2 cm³/mol. The predicted octanol–water partition coefficient (Wildman–Crippen LogP) is 2.90. The smallest absolute Gasteiger partial charge is 0.180 e. The topological polar surface area (TPSA) is 47.3 Å². The number of rotatable bonds is 1. The van der Waals surface area contributed by atoms with Crippen LogP contribution in [0.3, 0.4) is 0 Å². The maximum absolute atomic E-state index is 11.1. The zero-order valence-electron chi connectivity index (χ0n) is 11.1. The van der Waals surface area contributed by atoms with E-state index in [4.69, 9.17) is 0 Å². The third-order valence-corrected chi connectivity index (χ3v) is 1.88. The van der Waals surface area contributed by atoms with Crippen LogP contribution in [0.2, 0.25) is 0 Å². The van der Waals surface area contributed by atoms with E-state index in [1.165, 1.54) is 6.92 Å². The van der Waals surface area contributed by atoms with Crippen molar-refractivity contribution in [2.45, 2.75) is 34.6 Å². The van der Waals surface area contributed by atoms with Gasteiger partial charge in [0.2, 0.25) is 0 Å². The minimum Gasteiger partial charge on any atom is -0.302 e. The molecular formula is C13H19N3O. The maximum Gasteiger partial charge on any atom is 0.180 e. The number of Topliss-reactive ketones (excluding diaryl/α,β-unsaturated/α-hetero) is 1. The van der Waals surface area contributed by atoms with E-state index in [0.717, 1.165) is 17.1 Å². The highest BCUT2D eigenvalue weighted by Crippen LogP contribution is 2.08. The first-order valence-electron chi connectivity index (χ1n) is 5.72. The number of nitrogens with zero attached hydrogens (tertiary/aromatic N) is 3. The Morgan fingerprint density at radius 3 is 2.41 bits per heavy atom. The first-order chi connectivity index (χ1) is 7.91. The molecule has 0 saturated heterocycles. The number of hydrogen-bond donors (Lipinski definition) is 0. The molecule has 92 valence electrons. The number of carbonyl (C=O) groups is 1. The van der Waals surface area contributed by atoms with Crippen LogP contribution in [-0.4, -0.2) is 20.2 Å². The van der Waals surface area contributed by atoms with Gasteiger partial charge in [-0.3, -0.25) is 9.78 Å². The van der Waals surface area contributed by atoms with Gasteiger partial charge in [-0.1, -0.05) is 20.8 Å². The van der Waals surface area contributed by atoms with Gasteiger partial charge in [-0.25, -0.2) is 4.98 Å². The molecule has 0 bridgehead atoms. The normalized spacial score (nSPS) is 10.2. The van der Waals surface area contributed by atoms with Crippen molar-refractivity contribution in [1.29, 1.82) is 0 Å². The van der Waals surface area contributed by atoms with Gasteiger partial charge in [0.25, 0.3) is 0 Å². The lowest BCUT2D eigenvalue weighted by Crippen LogP contribution is -1.94. The van der Waals surface area contributed by atoms with Crippen LogP contribution in [0.25, 0.3) is 5.52 Å². The minimum absolute atomic E-state index is 0.0341. The summed E-state index contributed by atoms with van der Waals surface area (Å²) in [4.78, 5) is 19.2. The summed E-state index contributed by atoms with van der Waals surface area (Å²) in [6.45, 7) is 9.90. The Hall–Kier alpha value is -1.71. The molecular weight excluding hydrogens is 214 g/mol. The molecule has 0 aliphatic carbocycles. The van der Waals surface area contributed by atoms with Crippen LogP contribution in [0, 0.1) is 12.8 Å². The van der Waals surface area contributed by atoms with E-state index < -0.39 is 0 Å². The van der Waals surface area contributed by atoms with Crippen LogP contribution < -0.4 is 0 Å². The van der Waals surface area contributed by atoms with Crippen molar-refractivity contribution >= 4 is 11.3 Å². The number of aryl methyl sites for hydroxylation is 1. The van der Waals surface area contributed by atoms with Crippen molar-refractivity contribution in [2.75, 3.05) is 0 Å². The second kappa shape index (κ2) is 5.57. The third kappa shape index (κ3) is 3.66. The molecule has 2 aromatic rings. The van der Waals surface area contributed by atoms with Crippen molar-refractivity contribution in [1.82, 2.24) is 14.4 Å². The molecule has 2 aromatic heterocycles. The molecule has 0 radical (unpaired) electrons. The maximum atomic E-state index is 11.1. The van der Waals surface area contributed by atoms with E-state index in [0.29, 0.717) is 5.69 Å². The summed E-state index contributed by atoms with van der Waals surface area (Å²) in [7, 11) is 0. The average molecular weight is 233 g/mol. The zero-order valence-corrected chi connectivity index (χ0v) is 11.1. The van der Waals surface area contributed by atoms with Gasteiger partial charge in [0.05, 0.1) is 17.4 Å². The van der Waals surface area contributed by atoms with Crippen LogP contribution in [-0.2, 0) is 0 Å². The molecule has 0 N–H and O–H groups in total. The Morgan fingerprint density at radius 1 is 1.29 bits per heavy atom. The quantitative estimate of drug-likeness (QED) is 0.711. The molecule has 0 aromatic carbocycles. The van der Waals surface area contributed by atoms with Crippen molar-refractivity contribution < 1.29 is 4.79 Å². The third-order valence-electron chi connectivity index (χ3n) is 1.88. The van der Waals surface area contributed by atoms with Gasteiger partial charge >= 0.3 is 0 Å². The molecule has 0 spiro atoms. The Labute approximate surface area is 102 Å². The SMILES string of the molecule is CC(=O)c1ncn2cc(C)ncc12.CC(C)C. The highest BCUT2D eigenvalue weighted by atomic mass is 16.1. The van der Waals surface area contributed by atoms with Crippen LogP contribution in [0.5, 0.6) is 0 Å². The molecule has 0 atom stereocenters. The highest BCUT2D eigenvalue weighted by molar-refractivity contribution is 5.98. The standard InChI is InChI=1S/C9H9N3O.C4H10/c1-6-4-12-5-11-9(7(2)13)8(12)3-10-6;1-4(2)3/h3-5H,1-2H3;4H,1-3H3. The summed E-state index contributed by atoms with van der Waals surface area (Å²) < 4.78 is 1.80. The number of hydrogen-bond acceptors (Lipinski definition) is 3. The van der Waals surface area contributed by atoms with E-state index >= 15 is 0 Å². The lowest BCUT2D eigenvalue weighted by Gasteiger charge is -1.95. The van der Waals surface area contributed by atoms with Gasteiger partial charge in [0, 0.05) is 13.1 Å². The minimum atomic E-state index is -0.0341. The van der Waals surface area contributed by atoms with Gasteiger partial charge in [0.15, 0.2) is 5.78 Å². The molecule has 0 unspecified atom stereocenters. The largest absolute Gasteiger partial charge is 0.302 e. The number of fused-ring (bicyclic) bond motifs is 1. The summed E-state index contributed by atoms with van der Waals surface area (Å²) in [5, 5.41) is 0. The first kappa shape index (κ1) is 13.4. The van der Waals surface area contributed by atoms with E-state index in [1.54, 1.807) is 16.9 Å². The Morgan fingerprint density at radius 2 is 1.88 bits per heavy atom. The Balaban J connectivity index is 0.000000317. The van der Waals surface area contributed by atoms with Gasteiger partial charge < -0.3 is 4.40 Å². The van der Waals surface area contributed by atoms with Crippen LogP contribution in [0.15, 0.2) is 18.7 Å². The number of imidazole rings is 1. The molecule has 2 heterocycles. The molecule has 0 amide bonds. The van der Waals surface area contributed by atoms with Crippen LogP contribution >= 0.6 is 0 Å². The Bertz CT molecular complexity index is 512. The number of aromatic nitrogens is 3. The molecule has 2 rings (SSSR count). The second-order valence-corrected chi connectivity index (χ2v) is 4.70. The highest BCUT2D eigenvalue weighted by Gasteiger charge is 2.08. The molecule has 0 saturated carbocycles. The molecule has 0 aliphatic rings. The van der Waals surface area contributed by atoms with Gasteiger partial charge in [-0.15, -0.1) is 0 Å². The lowest BCUT2D eigenvalue weighted by molar-refractivity contribution is 0.101. The van der Waals surface area contributed by atoms with Crippen LogP contribution in [0.1, 0.15) is 43.9 Å². The zero-order chi connectivity index (χ0) is 13.0. The molecule has 0 fully saturated rings. The summed E-state index contributed by atoms with van der Waals surface area (Å²) in [6, 6.07) is 0. The summed E-state index contributed by atoms with van der Waals surface area (Å²) in [5.41, 5.74) is 2.14. The Kier molecular flexibility index (Phi) is 4.37. The van der Waals surface area contributed by atoms with Gasteiger partial charge in [0.1, 0.15) is 12.0 Å².